The Balaban J connectivity index is 1.08. The molecule has 2 heterocycles. The molecule has 6 aliphatic rings. The van der Waals surface area contributed by atoms with Crippen molar-refractivity contribution < 1.29 is 14.6 Å². The second-order valence-electron chi connectivity index (χ2n) is 15.6. The van der Waals surface area contributed by atoms with Gasteiger partial charge in [-0.15, -0.1) is 0 Å². The fourth-order valence-electron chi connectivity index (χ4n) is 11.2. The van der Waals surface area contributed by atoms with E-state index in [2.05, 4.69) is 45.0 Å². The van der Waals surface area contributed by atoms with Gasteiger partial charge in [-0.25, -0.2) is 4.79 Å². The van der Waals surface area contributed by atoms with Crippen molar-refractivity contribution in [1.82, 2.24) is 15.1 Å². The van der Waals surface area contributed by atoms with Crippen LogP contribution in [-0.2, 0) is 4.74 Å². The predicted molar refractivity (Wildman–Crippen MR) is 155 cm³/mol. The normalized spacial score (nSPS) is 48.6. The minimum Gasteiger partial charge on any atom is -0.396 e. The summed E-state index contributed by atoms with van der Waals surface area (Å²) in [6, 6.07) is 0.528. The molecule has 6 heteroatoms. The van der Waals surface area contributed by atoms with Crippen molar-refractivity contribution in [2.24, 2.45) is 52.3 Å². The lowest BCUT2D eigenvalue weighted by Gasteiger charge is -2.61. The number of rotatable bonds is 5. The molecule has 2 aliphatic heterocycles. The Kier molecular flexibility index (Phi) is 7.81. The van der Waals surface area contributed by atoms with Gasteiger partial charge in [-0.2, -0.15) is 0 Å². The van der Waals surface area contributed by atoms with Gasteiger partial charge in [0.25, 0.3) is 0 Å². The lowest BCUT2D eigenvalue weighted by atomic mass is 9.44. The number of hydrogen-bond donors (Lipinski definition) is 2. The molecule has 4 aliphatic carbocycles. The van der Waals surface area contributed by atoms with E-state index in [0.29, 0.717) is 53.4 Å². The first-order valence-corrected chi connectivity index (χ1v) is 16.6. The van der Waals surface area contributed by atoms with Crippen LogP contribution < -0.4 is 5.32 Å². The average Bonchev–Trinajstić information content (AvgIpc) is 3.40. The largest absolute Gasteiger partial charge is 0.396 e. The van der Waals surface area contributed by atoms with Crippen LogP contribution >= 0.6 is 0 Å². The van der Waals surface area contributed by atoms with E-state index >= 15 is 0 Å². The Hall–Kier alpha value is -0.850. The molecule has 0 spiro atoms. The third-order valence-electron chi connectivity index (χ3n) is 13.6. The summed E-state index contributed by atoms with van der Waals surface area (Å²) >= 11 is 0. The number of carbonyl (C=O) groups excluding carboxylic acids is 1. The molecule has 6 nitrogen and oxygen atoms in total. The molecule has 39 heavy (non-hydrogen) atoms. The SMILES string of the molecule is CC1C2[C@H](CC3[C@@H]4CC[C@@H]5C[C@@H](NC(=O)N6CCN(C)CC6)CC[C@]5(C)C4CC[C@@]32C)O[C@@H]1CC[C@H](C)CO. The monoisotopic (exact) mass is 543 g/mol. The van der Waals surface area contributed by atoms with Crippen LogP contribution in [0.25, 0.3) is 0 Å². The number of piperazine rings is 1. The smallest absolute Gasteiger partial charge is 0.317 e. The van der Waals surface area contributed by atoms with Gasteiger partial charge in [0.05, 0.1) is 12.2 Å². The molecule has 0 aromatic rings. The van der Waals surface area contributed by atoms with Crippen molar-refractivity contribution in [3.8, 4) is 0 Å². The number of carbonyl (C=O) groups is 1. The van der Waals surface area contributed by atoms with Crippen LogP contribution in [0.1, 0.15) is 91.9 Å². The van der Waals surface area contributed by atoms with Gasteiger partial charge in [0, 0.05) is 38.8 Å². The molecule has 2 amide bonds. The Morgan fingerprint density at radius 3 is 2.51 bits per heavy atom. The molecule has 0 radical (unpaired) electrons. The van der Waals surface area contributed by atoms with E-state index in [1.807, 2.05) is 4.90 Å². The maximum Gasteiger partial charge on any atom is 0.317 e. The molecular formula is C33H57N3O3. The molecule has 0 aromatic heterocycles. The second kappa shape index (κ2) is 10.8. The maximum absolute atomic E-state index is 13.0. The number of aliphatic hydroxyl groups excluding tert-OH is 1. The first-order valence-electron chi connectivity index (χ1n) is 16.6. The molecule has 6 fully saturated rings. The van der Waals surface area contributed by atoms with Crippen molar-refractivity contribution in [2.75, 3.05) is 39.8 Å². The number of fused-ring (bicyclic) bond motifs is 7. The summed E-state index contributed by atoms with van der Waals surface area (Å²) in [5.74, 6) is 5.01. The molecular weight excluding hydrogens is 486 g/mol. The van der Waals surface area contributed by atoms with Crippen LogP contribution in [0, 0.1) is 52.3 Å². The van der Waals surface area contributed by atoms with Gasteiger partial charge in [-0.05, 0) is 124 Å². The van der Waals surface area contributed by atoms with Crippen LogP contribution in [-0.4, -0.2) is 79.0 Å². The number of hydrogen-bond acceptors (Lipinski definition) is 4. The van der Waals surface area contributed by atoms with Crippen LogP contribution in [0.5, 0.6) is 0 Å². The number of nitrogens with one attached hydrogen (secondary N) is 1. The third kappa shape index (κ3) is 4.86. The van der Waals surface area contributed by atoms with E-state index in [1.54, 1.807) is 0 Å². The molecule has 2 N–H and O–H groups in total. The summed E-state index contributed by atoms with van der Waals surface area (Å²) in [5.41, 5.74) is 0.867. The fourth-order valence-corrected chi connectivity index (χ4v) is 11.2. The summed E-state index contributed by atoms with van der Waals surface area (Å²) in [7, 11) is 2.14. The summed E-state index contributed by atoms with van der Waals surface area (Å²) in [6.07, 6.45) is 13.4. The Bertz CT molecular complexity index is 891. The molecule has 2 saturated heterocycles. The minimum atomic E-state index is 0.176. The van der Waals surface area contributed by atoms with E-state index in [0.717, 1.165) is 69.1 Å². The summed E-state index contributed by atoms with van der Waals surface area (Å²) in [5, 5.41) is 13.0. The first kappa shape index (κ1) is 28.3. The number of ether oxygens (including phenoxy) is 1. The number of nitrogens with zero attached hydrogens (tertiary/aromatic N) is 2. The van der Waals surface area contributed by atoms with Crippen molar-refractivity contribution in [3.05, 3.63) is 0 Å². The number of aliphatic hydroxyl groups is 1. The average molecular weight is 544 g/mol. The summed E-state index contributed by atoms with van der Waals surface area (Å²) in [4.78, 5) is 17.4. The Morgan fingerprint density at radius 1 is 1.03 bits per heavy atom. The van der Waals surface area contributed by atoms with Gasteiger partial charge in [0.15, 0.2) is 0 Å². The van der Waals surface area contributed by atoms with Crippen LogP contribution in [0.3, 0.4) is 0 Å². The zero-order valence-electron chi connectivity index (χ0n) is 25.5. The third-order valence-corrected chi connectivity index (χ3v) is 13.6. The summed E-state index contributed by atoms with van der Waals surface area (Å²) < 4.78 is 6.84. The zero-order valence-corrected chi connectivity index (χ0v) is 25.5. The molecule has 222 valence electrons. The van der Waals surface area contributed by atoms with Crippen molar-refractivity contribution in [3.63, 3.8) is 0 Å². The lowest BCUT2D eigenvalue weighted by Crippen LogP contribution is -2.57. The molecule has 4 saturated carbocycles. The highest BCUT2D eigenvalue weighted by Gasteiger charge is 2.65. The van der Waals surface area contributed by atoms with Crippen molar-refractivity contribution >= 4 is 6.03 Å². The Morgan fingerprint density at radius 2 is 1.77 bits per heavy atom. The topological polar surface area (TPSA) is 65.0 Å². The standard InChI is InChI=1S/C33H57N3O3/c1-21(20-37)6-9-28-22(2)30-29(39-28)19-27-25-8-7-23-18-24(34-31(38)36-16-14-35(5)15-17-36)10-12-32(23,3)26(25)11-13-33(27,30)4/h21-30,37H,6-20H2,1-5H3,(H,34,38)/t21-,22?,23+,24-,25+,26?,27?,28+,29-,30?,32-,33-/m0/s1. The van der Waals surface area contributed by atoms with Gasteiger partial charge in [0.1, 0.15) is 0 Å². The van der Waals surface area contributed by atoms with E-state index in [-0.39, 0.29) is 6.03 Å². The molecule has 0 bridgehead atoms. The van der Waals surface area contributed by atoms with E-state index in [4.69, 9.17) is 4.74 Å². The summed E-state index contributed by atoms with van der Waals surface area (Å²) in [6.45, 7) is 13.9. The fraction of sp³-hybridized carbons (Fsp3) is 0.970. The Labute approximate surface area is 238 Å². The lowest BCUT2D eigenvalue weighted by molar-refractivity contribution is -0.118. The van der Waals surface area contributed by atoms with Crippen LogP contribution in [0.2, 0.25) is 0 Å². The number of urea groups is 1. The van der Waals surface area contributed by atoms with Gasteiger partial charge >= 0.3 is 6.03 Å². The maximum atomic E-state index is 13.0. The zero-order chi connectivity index (χ0) is 27.5. The van der Waals surface area contributed by atoms with Crippen LogP contribution in [0.4, 0.5) is 4.79 Å². The number of amides is 2. The second-order valence-corrected chi connectivity index (χ2v) is 15.6. The first-order chi connectivity index (χ1) is 18.6. The number of likely N-dealkylation sites (N-methyl/N-ethyl adjacent to an activating group) is 1. The minimum absolute atomic E-state index is 0.176. The highest BCUT2D eigenvalue weighted by molar-refractivity contribution is 5.74. The van der Waals surface area contributed by atoms with E-state index in [9.17, 15) is 9.90 Å². The molecule has 0 aromatic carbocycles. The van der Waals surface area contributed by atoms with Gasteiger partial charge in [-0.3, -0.25) is 0 Å². The van der Waals surface area contributed by atoms with Crippen molar-refractivity contribution in [1.29, 1.82) is 0 Å². The predicted octanol–water partition coefficient (Wildman–Crippen LogP) is 5.39. The molecule has 6 rings (SSSR count). The highest BCUT2D eigenvalue weighted by atomic mass is 16.5. The van der Waals surface area contributed by atoms with Gasteiger partial charge < -0.3 is 25.0 Å². The molecule has 12 atom stereocenters. The van der Waals surface area contributed by atoms with E-state index < -0.39 is 0 Å². The molecule has 4 unspecified atom stereocenters. The quantitative estimate of drug-likeness (QED) is 0.488. The van der Waals surface area contributed by atoms with Crippen molar-refractivity contribution in [2.45, 2.75) is 110 Å². The highest BCUT2D eigenvalue weighted by Crippen LogP contribution is 2.70. The van der Waals surface area contributed by atoms with Gasteiger partial charge in [-0.1, -0.05) is 27.7 Å². The van der Waals surface area contributed by atoms with Gasteiger partial charge in [0.2, 0.25) is 0 Å². The van der Waals surface area contributed by atoms with Crippen LogP contribution in [0.15, 0.2) is 0 Å². The van der Waals surface area contributed by atoms with E-state index in [1.165, 1.54) is 44.9 Å².